The zero-order valence-corrected chi connectivity index (χ0v) is 11.7. The van der Waals surface area contributed by atoms with Crippen molar-refractivity contribution in [2.45, 2.75) is 20.3 Å². The molecule has 0 bridgehead atoms. The van der Waals surface area contributed by atoms with Gasteiger partial charge in [0, 0.05) is 12.7 Å². The van der Waals surface area contributed by atoms with Crippen LogP contribution in [0, 0.1) is 6.92 Å². The van der Waals surface area contributed by atoms with E-state index in [1.807, 2.05) is 37.3 Å². The van der Waals surface area contributed by atoms with Gasteiger partial charge in [-0.05, 0) is 43.2 Å². The van der Waals surface area contributed by atoms with Crippen LogP contribution < -0.4 is 5.32 Å². The first-order valence-corrected chi connectivity index (χ1v) is 6.84. The Bertz CT molecular complexity index is 733. The van der Waals surface area contributed by atoms with Gasteiger partial charge in [-0.1, -0.05) is 13.0 Å². The smallest absolute Gasteiger partial charge is 0.231 e. The summed E-state index contributed by atoms with van der Waals surface area (Å²) in [7, 11) is 0. The number of aryl methyl sites for hydroxylation is 1. The van der Waals surface area contributed by atoms with Crippen LogP contribution in [0.2, 0.25) is 0 Å². The number of fused-ring (bicyclic) bond motifs is 1. The number of rotatable bonds is 4. The van der Waals surface area contributed by atoms with Gasteiger partial charge < -0.3 is 9.73 Å². The van der Waals surface area contributed by atoms with Gasteiger partial charge in [0.2, 0.25) is 5.89 Å². The first-order valence-electron chi connectivity index (χ1n) is 6.84. The molecule has 0 radical (unpaired) electrons. The van der Waals surface area contributed by atoms with E-state index in [1.165, 1.54) is 5.56 Å². The minimum atomic E-state index is 0.609. The molecule has 0 aliphatic heterocycles. The van der Waals surface area contributed by atoms with Gasteiger partial charge >= 0.3 is 0 Å². The third-order valence-corrected chi connectivity index (χ3v) is 3.12. The van der Waals surface area contributed by atoms with E-state index in [9.17, 15) is 0 Å². The summed E-state index contributed by atoms with van der Waals surface area (Å²) in [5, 5.41) is 3.31. The van der Waals surface area contributed by atoms with Crippen molar-refractivity contribution in [1.29, 1.82) is 0 Å². The van der Waals surface area contributed by atoms with Crippen LogP contribution in [0.5, 0.6) is 0 Å². The first-order chi connectivity index (χ1) is 9.78. The van der Waals surface area contributed by atoms with Crippen LogP contribution in [0.4, 0.5) is 5.82 Å². The third kappa shape index (κ3) is 2.37. The molecule has 2 heterocycles. The second kappa shape index (κ2) is 5.33. The van der Waals surface area contributed by atoms with Crippen molar-refractivity contribution in [2.24, 2.45) is 0 Å². The van der Waals surface area contributed by atoms with Gasteiger partial charge in [0.05, 0.1) is 5.56 Å². The standard InChI is InChI=1S/C16H17N3O/c1-3-8-17-15-12(5-4-9-18-15)16-19-13-10-11(2)6-7-14(13)20-16/h4-7,9-10H,3,8H2,1-2H3,(H,17,18). The van der Waals surface area contributed by atoms with Gasteiger partial charge in [-0.3, -0.25) is 0 Å². The third-order valence-electron chi connectivity index (χ3n) is 3.12. The maximum Gasteiger partial charge on any atom is 0.231 e. The normalized spacial score (nSPS) is 10.9. The number of benzene rings is 1. The quantitative estimate of drug-likeness (QED) is 0.775. The molecule has 0 fully saturated rings. The molecule has 0 saturated heterocycles. The molecular weight excluding hydrogens is 250 g/mol. The molecule has 0 aliphatic rings. The number of nitrogens with zero attached hydrogens (tertiary/aromatic N) is 2. The van der Waals surface area contributed by atoms with Gasteiger partial charge in [-0.2, -0.15) is 0 Å². The van der Waals surface area contributed by atoms with E-state index in [4.69, 9.17) is 4.42 Å². The average molecular weight is 267 g/mol. The second-order valence-corrected chi connectivity index (χ2v) is 4.82. The lowest BCUT2D eigenvalue weighted by Gasteiger charge is -2.06. The minimum Gasteiger partial charge on any atom is -0.436 e. The number of anilines is 1. The van der Waals surface area contributed by atoms with Crippen molar-refractivity contribution in [3.63, 3.8) is 0 Å². The summed E-state index contributed by atoms with van der Waals surface area (Å²) < 4.78 is 5.84. The molecule has 0 atom stereocenters. The zero-order valence-electron chi connectivity index (χ0n) is 11.7. The molecule has 102 valence electrons. The number of pyridine rings is 1. The molecule has 0 aliphatic carbocycles. The van der Waals surface area contributed by atoms with Crippen molar-refractivity contribution in [3.05, 3.63) is 42.1 Å². The van der Waals surface area contributed by atoms with Crippen LogP contribution in [0.3, 0.4) is 0 Å². The highest BCUT2D eigenvalue weighted by atomic mass is 16.3. The summed E-state index contributed by atoms with van der Waals surface area (Å²) in [5.41, 5.74) is 3.75. The Morgan fingerprint density at radius 3 is 3.00 bits per heavy atom. The highest BCUT2D eigenvalue weighted by Gasteiger charge is 2.12. The summed E-state index contributed by atoms with van der Waals surface area (Å²) in [6, 6.07) is 9.88. The molecule has 3 aromatic rings. The van der Waals surface area contributed by atoms with E-state index < -0.39 is 0 Å². The van der Waals surface area contributed by atoms with Gasteiger partial charge in [0.1, 0.15) is 11.3 Å². The molecule has 3 rings (SSSR count). The molecule has 1 aromatic carbocycles. The lowest BCUT2D eigenvalue weighted by molar-refractivity contribution is 0.619. The molecule has 0 spiro atoms. The van der Waals surface area contributed by atoms with E-state index in [-0.39, 0.29) is 0 Å². The molecule has 20 heavy (non-hydrogen) atoms. The van der Waals surface area contributed by atoms with Crippen molar-refractivity contribution in [2.75, 3.05) is 11.9 Å². The lowest BCUT2D eigenvalue weighted by atomic mass is 10.2. The summed E-state index contributed by atoms with van der Waals surface area (Å²) in [6.45, 7) is 5.05. The van der Waals surface area contributed by atoms with Crippen molar-refractivity contribution < 1.29 is 4.42 Å². The molecule has 1 N–H and O–H groups in total. The molecule has 4 heteroatoms. The first kappa shape index (κ1) is 12.7. The molecule has 2 aromatic heterocycles. The maximum atomic E-state index is 5.84. The predicted molar refractivity (Wildman–Crippen MR) is 80.8 cm³/mol. The number of nitrogens with one attached hydrogen (secondary N) is 1. The monoisotopic (exact) mass is 267 g/mol. The highest BCUT2D eigenvalue weighted by molar-refractivity contribution is 5.79. The SMILES string of the molecule is CCCNc1ncccc1-c1nc2cc(C)ccc2o1. The fraction of sp³-hybridized carbons (Fsp3) is 0.250. The molecule has 0 amide bonds. The van der Waals surface area contributed by atoms with Crippen molar-refractivity contribution >= 4 is 16.9 Å². The average Bonchev–Trinajstić information content (AvgIpc) is 2.88. The van der Waals surface area contributed by atoms with E-state index >= 15 is 0 Å². The van der Waals surface area contributed by atoms with E-state index in [0.29, 0.717) is 5.89 Å². The van der Waals surface area contributed by atoms with Crippen LogP contribution in [-0.4, -0.2) is 16.5 Å². The van der Waals surface area contributed by atoms with Gasteiger partial charge in [-0.15, -0.1) is 0 Å². The fourth-order valence-corrected chi connectivity index (χ4v) is 2.11. The van der Waals surface area contributed by atoms with Crippen LogP contribution in [-0.2, 0) is 0 Å². The Morgan fingerprint density at radius 2 is 2.15 bits per heavy atom. The Morgan fingerprint density at radius 1 is 1.25 bits per heavy atom. The van der Waals surface area contributed by atoms with Crippen LogP contribution >= 0.6 is 0 Å². The molecule has 0 unspecified atom stereocenters. The van der Waals surface area contributed by atoms with Crippen LogP contribution in [0.1, 0.15) is 18.9 Å². The van der Waals surface area contributed by atoms with Crippen molar-refractivity contribution in [1.82, 2.24) is 9.97 Å². The number of aromatic nitrogens is 2. The van der Waals surface area contributed by atoms with Gasteiger partial charge in [0.15, 0.2) is 5.58 Å². The van der Waals surface area contributed by atoms with Gasteiger partial charge in [0.25, 0.3) is 0 Å². The summed E-state index contributed by atoms with van der Waals surface area (Å²) in [4.78, 5) is 8.94. The van der Waals surface area contributed by atoms with Gasteiger partial charge in [-0.25, -0.2) is 9.97 Å². The highest BCUT2D eigenvalue weighted by Crippen LogP contribution is 2.28. The van der Waals surface area contributed by atoms with E-state index in [2.05, 4.69) is 22.2 Å². The number of hydrogen-bond donors (Lipinski definition) is 1. The number of hydrogen-bond acceptors (Lipinski definition) is 4. The lowest BCUT2D eigenvalue weighted by Crippen LogP contribution is -2.03. The van der Waals surface area contributed by atoms with Crippen LogP contribution in [0.15, 0.2) is 40.9 Å². The fourth-order valence-electron chi connectivity index (χ4n) is 2.11. The Kier molecular flexibility index (Phi) is 3.37. The largest absolute Gasteiger partial charge is 0.436 e. The predicted octanol–water partition coefficient (Wildman–Crippen LogP) is 4.02. The summed E-state index contributed by atoms with van der Waals surface area (Å²) in [6.07, 6.45) is 2.82. The number of oxazole rings is 1. The van der Waals surface area contributed by atoms with E-state index in [1.54, 1.807) is 6.20 Å². The molecule has 0 saturated carbocycles. The zero-order chi connectivity index (χ0) is 13.9. The maximum absolute atomic E-state index is 5.84. The molecule has 4 nitrogen and oxygen atoms in total. The summed E-state index contributed by atoms with van der Waals surface area (Å²) >= 11 is 0. The van der Waals surface area contributed by atoms with E-state index in [0.717, 1.165) is 35.4 Å². The van der Waals surface area contributed by atoms with Crippen molar-refractivity contribution in [3.8, 4) is 11.5 Å². The second-order valence-electron chi connectivity index (χ2n) is 4.82. The Balaban J connectivity index is 2.06. The van der Waals surface area contributed by atoms with Crippen LogP contribution in [0.25, 0.3) is 22.6 Å². The Hall–Kier alpha value is -2.36. The Labute approximate surface area is 117 Å². The molecular formula is C16H17N3O. The minimum absolute atomic E-state index is 0.609. The topological polar surface area (TPSA) is 51.0 Å². The summed E-state index contributed by atoms with van der Waals surface area (Å²) in [5.74, 6) is 1.43.